The fourth-order valence-corrected chi connectivity index (χ4v) is 3.59. The molecule has 2 heterocycles. The zero-order chi connectivity index (χ0) is 19.1. The lowest BCUT2D eigenvalue weighted by atomic mass is 10.1. The van der Waals surface area contributed by atoms with E-state index in [1.807, 2.05) is 0 Å². The monoisotopic (exact) mass is 379 g/mol. The lowest BCUT2D eigenvalue weighted by Gasteiger charge is -2.35. The zero-order valence-electron chi connectivity index (χ0n) is 16.0. The lowest BCUT2D eigenvalue weighted by Crippen LogP contribution is -2.47. The average molecular weight is 379 g/mol. The largest absolute Gasteiger partial charge is 0.505 e. The fraction of sp³-hybridized carbons (Fsp3) is 0.650. The molecule has 150 valence electrons. The van der Waals surface area contributed by atoms with E-state index in [9.17, 15) is 9.50 Å². The molecule has 1 unspecified atom stereocenters. The van der Waals surface area contributed by atoms with Crippen molar-refractivity contribution in [2.45, 2.75) is 50.9 Å². The van der Waals surface area contributed by atoms with Crippen molar-refractivity contribution in [2.75, 3.05) is 33.4 Å². The Bertz CT molecular complexity index is 627. The molecule has 0 aromatic heterocycles. The molecule has 2 aliphatic heterocycles. The highest BCUT2D eigenvalue weighted by molar-refractivity contribution is 5.79. The Kier molecular flexibility index (Phi) is 7.29. The molecule has 0 spiro atoms. The predicted octanol–water partition coefficient (Wildman–Crippen LogP) is 2.66. The first-order valence-corrected chi connectivity index (χ1v) is 9.82. The zero-order valence-corrected chi connectivity index (χ0v) is 16.0. The molecular weight excluding hydrogens is 349 g/mol. The van der Waals surface area contributed by atoms with Crippen LogP contribution in [0.1, 0.15) is 37.7 Å². The van der Waals surface area contributed by atoms with E-state index >= 15 is 0 Å². The second kappa shape index (κ2) is 9.90. The number of benzene rings is 1. The van der Waals surface area contributed by atoms with Gasteiger partial charge in [0.05, 0.1) is 18.8 Å². The molecule has 1 aromatic carbocycles. The molecule has 1 aromatic rings. The maximum absolute atomic E-state index is 13.4. The average Bonchev–Trinajstić information content (AvgIpc) is 2.71. The normalized spacial score (nSPS) is 22.1. The second-order valence-electron chi connectivity index (χ2n) is 7.19. The molecule has 3 rings (SSSR count). The van der Waals surface area contributed by atoms with Crippen molar-refractivity contribution in [3.05, 3.63) is 29.6 Å². The van der Waals surface area contributed by atoms with Crippen LogP contribution < -0.4 is 5.32 Å². The fourth-order valence-electron chi connectivity index (χ4n) is 3.59. The maximum Gasteiger partial charge on any atom is 0.193 e. The van der Waals surface area contributed by atoms with E-state index in [0.717, 1.165) is 56.9 Å². The van der Waals surface area contributed by atoms with E-state index in [1.54, 1.807) is 13.1 Å². The molecule has 0 aliphatic carbocycles. The van der Waals surface area contributed by atoms with Gasteiger partial charge in [-0.05, 0) is 49.8 Å². The number of guanidine groups is 1. The van der Waals surface area contributed by atoms with E-state index in [2.05, 4.69) is 15.2 Å². The Hall–Kier alpha value is -1.86. The van der Waals surface area contributed by atoms with Crippen LogP contribution in [0.2, 0.25) is 0 Å². The quantitative estimate of drug-likeness (QED) is 0.608. The Morgan fingerprint density at radius 1 is 1.33 bits per heavy atom. The molecule has 0 radical (unpaired) electrons. The van der Waals surface area contributed by atoms with Crippen LogP contribution >= 0.6 is 0 Å². The highest BCUT2D eigenvalue weighted by Crippen LogP contribution is 2.19. The number of nitrogens with one attached hydrogen (secondary N) is 1. The Morgan fingerprint density at radius 3 is 2.81 bits per heavy atom. The van der Waals surface area contributed by atoms with E-state index in [-0.39, 0.29) is 18.0 Å². The van der Waals surface area contributed by atoms with Crippen LogP contribution in [0, 0.1) is 5.82 Å². The topological polar surface area (TPSA) is 66.3 Å². The summed E-state index contributed by atoms with van der Waals surface area (Å²) < 4.78 is 25.2. The number of phenols is 1. The third kappa shape index (κ3) is 5.81. The van der Waals surface area contributed by atoms with Crippen molar-refractivity contribution in [2.24, 2.45) is 4.99 Å². The second-order valence-corrected chi connectivity index (χ2v) is 7.19. The van der Waals surface area contributed by atoms with Gasteiger partial charge in [-0.1, -0.05) is 6.07 Å². The SMILES string of the molecule is CN=C(NCc1ccc(O)c(F)c1)N1CCC(OCC2CCCCO2)CC1. The van der Waals surface area contributed by atoms with E-state index in [0.29, 0.717) is 13.2 Å². The molecule has 2 N–H and O–H groups in total. The van der Waals surface area contributed by atoms with Gasteiger partial charge in [-0.3, -0.25) is 4.99 Å². The summed E-state index contributed by atoms with van der Waals surface area (Å²) in [4.78, 5) is 6.54. The number of nitrogens with zero attached hydrogens (tertiary/aromatic N) is 2. The van der Waals surface area contributed by atoms with Gasteiger partial charge in [0.1, 0.15) is 0 Å². The van der Waals surface area contributed by atoms with E-state index in [4.69, 9.17) is 9.47 Å². The summed E-state index contributed by atoms with van der Waals surface area (Å²) in [6, 6.07) is 4.41. The highest BCUT2D eigenvalue weighted by atomic mass is 19.1. The summed E-state index contributed by atoms with van der Waals surface area (Å²) in [5.41, 5.74) is 0.761. The predicted molar refractivity (Wildman–Crippen MR) is 102 cm³/mol. The summed E-state index contributed by atoms with van der Waals surface area (Å²) >= 11 is 0. The molecule has 0 bridgehead atoms. The number of halogens is 1. The van der Waals surface area contributed by atoms with E-state index in [1.165, 1.54) is 18.6 Å². The van der Waals surface area contributed by atoms with Gasteiger partial charge < -0.3 is 24.8 Å². The molecule has 2 fully saturated rings. The summed E-state index contributed by atoms with van der Waals surface area (Å²) in [5, 5.41) is 12.5. The third-order valence-corrected chi connectivity index (χ3v) is 5.21. The molecule has 1 atom stereocenters. The van der Waals surface area contributed by atoms with Crippen molar-refractivity contribution in [1.29, 1.82) is 0 Å². The van der Waals surface area contributed by atoms with Gasteiger partial charge >= 0.3 is 0 Å². The lowest BCUT2D eigenvalue weighted by molar-refractivity contribution is -0.0721. The van der Waals surface area contributed by atoms with Crippen LogP contribution in [-0.2, 0) is 16.0 Å². The number of phenolic OH excluding ortho intramolecular Hbond substituents is 1. The molecule has 6 nitrogen and oxygen atoms in total. The smallest absolute Gasteiger partial charge is 0.193 e. The van der Waals surface area contributed by atoms with Crippen LogP contribution in [-0.4, -0.2) is 61.5 Å². The van der Waals surface area contributed by atoms with Gasteiger partial charge in [0, 0.05) is 33.3 Å². The number of rotatable bonds is 5. The number of hydrogen-bond acceptors (Lipinski definition) is 4. The first kappa shape index (κ1) is 19.9. The van der Waals surface area contributed by atoms with Crippen molar-refractivity contribution < 1.29 is 19.0 Å². The van der Waals surface area contributed by atoms with Crippen LogP contribution in [0.25, 0.3) is 0 Å². The first-order valence-electron chi connectivity index (χ1n) is 9.82. The van der Waals surface area contributed by atoms with Crippen LogP contribution in [0.4, 0.5) is 4.39 Å². The van der Waals surface area contributed by atoms with E-state index < -0.39 is 5.82 Å². The number of ether oxygens (including phenoxy) is 2. The third-order valence-electron chi connectivity index (χ3n) is 5.21. The van der Waals surface area contributed by atoms with Crippen molar-refractivity contribution >= 4 is 5.96 Å². The minimum atomic E-state index is -0.607. The van der Waals surface area contributed by atoms with Crippen molar-refractivity contribution in [1.82, 2.24) is 10.2 Å². The van der Waals surface area contributed by atoms with Crippen LogP contribution in [0.15, 0.2) is 23.2 Å². The van der Waals surface area contributed by atoms with Crippen LogP contribution in [0.5, 0.6) is 5.75 Å². The van der Waals surface area contributed by atoms with Crippen molar-refractivity contribution in [3.63, 3.8) is 0 Å². The Morgan fingerprint density at radius 2 is 2.15 bits per heavy atom. The van der Waals surface area contributed by atoms with Gasteiger partial charge in [0.25, 0.3) is 0 Å². The highest BCUT2D eigenvalue weighted by Gasteiger charge is 2.23. The van der Waals surface area contributed by atoms with Crippen molar-refractivity contribution in [3.8, 4) is 5.75 Å². The summed E-state index contributed by atoms with van der Waals surface area (Å²) in [6.45, 7) is 3.77. The Balaban J connectivity index is 1.40. The summed E-state index contributed by atoms with van der Waals surface area (Å²) in [5.74, 6) is -0.134. The molecule has 2 aliphatic rings. The molecular formula is C20H30FN3O3. The molecule has 0 saturated carbocycles. The Labute approximate surface area is 160 Å². The number of aromatic hydroxyl groups is 1. The minimum Gasteiger partial charge on any atom is -0.505 e. The van der Waals surface area contributed by atoms with Crippen LogP contribution in [0.3, 0.4) is 0 Å². The first-order chi connectivity index (χ1) is 13.2. The molecule has 27 heavy (non-hydrogen) atoms. The standard InChI is InChI=1S/C20H30FN3O3/c1-22-20(23-13-15-5-6-19(25)18(21)12-15)24-9-7-16(8-10-24)27-14-17-4-2-3-11-26-17/h5-6,12,16-17,25H,2-4,7-11,13-14H2,1H3,(H,22,23). The minimum absolute atomic E-state index is 0.261. The number of aliphatic imine (C=N–C) groups is 1. The number of hydrogen-bond donors (Lipinski definition) is 2. The maximum atomic E-state index is 13.4. The van der Waals surface area contributed by atoms with Gasteiger partial charge in [0.2, 0.25) is 0 Å². The summed E-state index contributed by atoms with van der Waals surface area (Å²) in [7, 11) is 1.75. The van der Waals surface area contributed by atoms with Gasteiger partial charge in [0.15, 0.2) is 17.5 Å². The molecule has 7 heteroatoms. The van der Waals surface area contributed by atoms with Gasteiger partial charge in [-0.25, -0.2) is 4.39 Å². The number of likely N-dealkylation sites (tertiary alicyclic amines) is 1. The molecule has 2 saturated heterocycles. The summed E-state index contributed by atoms with van der Waals surface area (Å²) in [6.07, 6.45) is 5.96. The molecule has 0 amide bonds. The number of piperidine rings is 1. The van der Waals surface area contributed by atoms with Gasteiger partial charge in [-0.15, -0.1) is 0 Å². The van der Waals surface area contributed by atoms with Gasteiger partial charge in [-0.2, -0.15) is 0 Å².